The zero-order chi connectivity index (χ0) is 23.7. The van der Waals surface area contributed by atoms with Crippen LogP contribution in [0.5, 0.6) is 0 Å². The third-order valence-electron chi connectivity index (χ3n) is 6.51. The summed E-state index contributed by atoms with van der Waals surface area (Å²) in [6.45, 7) is 2.10. The molecule has 1 saturated heterocycles. The van der Waals surface area contributed by atoms with Crippen LogP contribution in [0.4, 0.5) is 0 Å². The monoisotopic (exact) mass is 493 g/mol. The molecule has 3 amide bonds. The van der Waals surface area contributed by atoms with Gasteiger partial charge < -0.3 is 14.8 Å². The molecule has 2 aliphatic heterocycles. The van der Waals surface area contributed by atoms with Gasteiger partial charge in [-0.15, -0.1) is 12.4 Å². The molecule has 1 unspecified atom stereocenters. The highest BCUT2D eigenvalue weighted by atomic mass is 35.5. The topological polar surface area (TPSA) is 96.3 Å². The van der Waals surface area contributed by atoms with Gasteiger partial charge in [-0.2, -0.15) is 0 Å². The Bertz CT molecular complexity index is 1260. The molecule has 35 heavy (non-hydrogen) atoms. The lowest BCUT2D eigenvalue weighted by molar-refractivity contribution is -0.136. The minimum absolute atomic E-state index is 0. The first kappa shape index (κ1) is 24.6. The minimum Gasteiger partial charge on any atom is -0.330 e. The van der Waals surface area contributed by atoms with Gasteiger partial charge in [0, 0.05) is 36.2 Å². The fraction of sp³-hybridized carbons (Fsp3) is 0.308. The zero-order valence-electron chi connectivity index (χ0n) is 19.5. The fourth-order valence-corrected chi connectivity index (χ4v) is 4.81. The van der Waals surface area contributed by atoms with Crippen molar-refractivity contribution in [2.75, 3.05) is 13.6 Å². The van der Waals surface area contributed by atoms with Crippen molar-refractivity contribution in [1.82, 2.24) is 25.1 Å². The van der Waals surface area contributed by atoms with Crippen molar-refractivity contribution in [2.45, 2.75) is 38.4 Å². The number of nitrogens with zero attached hydrogens (tertiary/aromatic N) is 3. The first-order valence-corrected chi connectivity index (χ1v) is 11.6. The molecule has 2 aromatic carbocycles. The summed E-state index contributed by atoms with van der Waals surface area (Å²) in [7, 11) is 1.95. The molecule has 0 bridgehead atoms. The van der Waals surface area contributed by atoms with Crippen molar-refractivity contribution in [3.8, 4) is 22.5 Å². The van der Waals surface area contributed by atoms with Crippen molar-refractivity contribution >= 4 is 30.1 Å². The number of imide groups is 1. The number of rotatable bonds is 7. The van der Waals surface area contributed by atoms with Gasteiger partial charge in [0.1, 0.15) is 6.04 Å². The molecule has 0 radical (unpaired) electrons. The number of hydrogen-bond acceptors (Lipinski definition) is 5. The van der Waals surface area contributed by atoms with Crippen LogP contribution in [0.1, 0.15) is 35.2 Å². The molecular formula is C26H28ClN5O3. The molecule has 9 heteroatoms. The van der Waals surface area contributed by atoms with Crippen LogP contribution in [0.15, 0.2) is 54.9 Å². The van der Waals surface area contributed by atoms with E-state index in [1.54, 1.807) is 4.90 Å². The Kier molecular flexibility index (Phi) is 7.33. The number of carbonyl (C=O) groups is 3. The molecule has 0 spiro atoms. The Hall–Kier alpha value is -3.49. The third-order valence-corrected chi connectivity index (χ3v) is 6.51. The summed E-state index contributed by atoms with van der Waals surface area (Å²) in [6.07, 6.45) is 3.45. The van der Waals surface area contributed by atoms with Gasteiger partial charge in [-0.25, -0.2) is 4.98 Å². The number of carbonyl (C=O) groups excluding carboxylic acids is 3. The summed E-state index contributed by atoms with van der Waals surface area (Å²) in [4.78, 5) is 43.2. The first-order chi connectivity index (χ1) is 16.6. The quantitative estimate of drug-likeness (QED) is 0.389. The molecule has 3 aromatic rings. The number of halogens is 1. The van der Waals surface area contributed by atoms with Crippen molar-refractivity contribution in [3.63, 3.8) is 0 Å². The Morgan fingerprint density at radius 3 is 2.63 bits per heavy atom. The van der Waals surface area contributed by atoms with Gasteiger partial charge in [0.25, 0.3) is 5.91 Å². The molecule has 1 fully saturated rings. The second-order valence-electron chi connectivity index (χ2n) is 8.73. The Morgan fingerprint density at radius 1 is 1.09 bits per heavy atom. The normalized spacial score (nSPS) is 17.2. The number of piperidine rings is 1. The Balaban J connectivity index is 0.00000289. The number of aromatic nitrogens is 2. The highest BCUT2D eigenvalue weighted by molar-refractivity contribution is 6.05. The maximum atomic E-state index is 13.0. The van der Waals surface area contributed by atoms with Crippen molar-refractivity contribution in [1.29, 1.82) is 0 Å². The summed E-state index contributed by atoms with van der Waals surface area (Å²) in [5, 5.41) is 5.54. The largest absolute Gasteiger partial charge is 0.330 e. The molecule has 0 aliphatic carbocycles. The number of amides is 3. The molecular weight excluding hydrogens is 466 g/mol. The minimum atomic E-state index is -0.618. The van der Waals surface area contributed by atoms with E-state index in [1.807, 2.05) is 49.8 Å². The summed E-state index contributed by atoms with van der Waals surface area (Å²) in [5.74, 6) is -0.854. The standard InChI is InChI=1S/C26H27N5O3.ClH/c1-27-12-5-13-30-16-28-23(24(30)17-6-3-2-4-7-17)18-8-9-20-19(14-18)15-31(26(20)34)21-10-11-22(32)29-25(21)33;/h2-4,6-9,14,16,21,27H,5,10-13,15H2,1H3,(H,29,32,33);1H. The molecule has 5 rings (SSSR count). The number of nitrogens with one attached hydrogen (secondary N) is 2. The van der Waals surface area contributed by atoms with E-state index in [0.717, 1.165) is 47.6 Å². The van der Waals surface area contributed by atoms with Gasteiger partial charge in [0.2, 0.25) is 11.8 Å². The summed E-state index contributed by atoms with van der Waals surface area (Å²) in [5.41, 5.74) is 5.40. The lowest BCUT2D eigenvalue weighted by atomic mass is 10.0. The SMILES string of the molecule is CNCCCn1cnc(-c2ccc3c(c2)CN(C2CCC(=O)NC2=O)C3=O)c1-c1ccccc1.Cl. The summed E-state index contributed by atoms with van der Waals surface area (Å²) >= 11 is 0. The second-order valence-corrected chi connectivity index (χ2v) is 8.73. The fourth-order valence-electron chi connectivity index (χ4n) is 4.81. The lowest BCUT2D eigenvalue weighted by Crippen LogP contribution is -2.52. The number of aryl methyl sites for hydroxylation is 1. The van der Waals surface area contributed by atoms with Crippen molar-refractivity contribution in [3.05, 3.63) is 66.0 Å². The molecule has 3 heterocycles. The van der Waals surface area contributed by atoms with Gasteiger partial charge >= 0.3 is 0 Å². The van der Waals surface area contributed by atoms with Crippen LogP contribution in [0.25, 0.3) is 22.5 Å². The highest BCUT2D eigenvalue weighted by Gasteiger charge is 2.39. The van der Waals surface area contributed by atoms with E-state index in [9.17, 15) is 14.4 Å². The molecule has 1 aromatic heterocycles. The van der Waals surface area contributed by atoms with Crippen LogP contribution in [0, 0.1) is 0 Å². The van der Waals surface area contributed by atoms with Crippen LogP contribution >= 0.6 is 12.4 Å². The molecule has 2 aliphatic rings. The second kappa shape index (κ2) is 10.4. The van der Waals surface area contributed by atoms with Gasteiger partial charge in [0.15, 0.2) is 0 Å². The number of hydrogen-bond donors (Lipinski definition) is 2. The third kappa shape index (κ3) is 4.72. The predicted molar refractivity (Wildman–Crippen MR) is 135 cm³/mol. The van der Waals surface area contributed by atoms with Crippen LogP contribution in [-0.2, 0) is 22.7 Å². The predicted octanol–water partition coefficient (Wildman–Crippen LogP) is 3.01. The van der Waals surface area contributed by atoms with Gasteiger partial charge in [-0.05, 0) is 44.1 Å². The van der Waals surface area contributed by atoms with Crippen LogP contribution in [0.3, 0.4) is 0 Å². The van der Waals surface area contributed by atoms with Crippen LogP contribution < -0.4 is 10.6 Å². The van der Waals surface area contributed by atoms with Crippen LogP contribution in [0.2, 0.25) is 0 Å². The lowest BCUT2D eigenvalue weighted by Gasteiger charge is -2.29. The summed E-state index contributed by atoms with van der Waals surface area (Å²) in [6, 6.07) is 15.3. The first-order valence-electron chi connectivity index (χ1n) is 11.6. The Labute approximate surface area is 210 Å². The molecule has 1 atom stereocenters. The molecule has 0 saturated carbocycles. The average molecular weight is 494 g/mol. The number of benzene rings is 2. The van der Waals surface area contributed by atoms with Crippen molar-refractivity contribution < 1.29 is 14.4 Å². The molecule has 182 valence electrons. The van der Waals surface area contributed by atoms with E-state index in [-0.39, 0.29) is 30.6 Å². The maximum absolute atomic E-state index is 13.0. The molecule has 2 N–H and O–H groups in total. The number of imidazole rings is 1. The van der Waals surface area contributed by atoms with E-state index in [1.165, 1.54) is 0 Å². The maximum Gasteiger partial charge on any atom is 0.255 e. The average Bonchev–Trinajstić information content (AvgIpc) is 3.41. The van der Waals surface area contributed by atoms with Gasteiger partial charge in [0.05, 0.1) is 17.7 Å². The van der Waals surface area contributed by atoms with E-state index in [4.69, 9.17) is 4.98 Å². The number of fused-ring (bicyclic) bond motifs is 1. The van der Waals surface area contributed by atoms with E-state index >= 15 is 0 Å². The van der Waals surface area contributed by atoms with Crippen LogP contribution in [-0.4, -0.2) is 51.8 Å². The van der Waals surface area contributed by atoms with Gasteiger partial charge in [-0.3, -0.25) is 19.7 Å². The van der Waals surface area contributed by atoms with Crippen molar-refractivity contribution in [2.24, 2.45) is 0 Å². The zero-order valence-corrected chi connectivity index (χ0v) is 20.3. The summed E-state index contributed by atoms with van der Waals surface area (Å²) < 4.78 is 2.18. The molecule has 8 nitrogen and oxygen atoms in total. The highest BCUT2D eigenvalue weighted by Crippen LogP contribution is 2.35. The Morgan fingerprint density at radius 2 is 1.89 bits per heavy atom. The smallest absolute Gasteiger partial charge is 0.255 e. The van der Waals surface area contributed by atoms with E-state index in [0.29, 0.717) is 18.5 Å². The van der Waals surface area contributed by atoms with Gasteiger partial charge in [-0.1, -0.05) is 36.4 Å². The van der Waals surface area contributed by atoms with E-state index in [2.05, 4.69) is 27.3 Å². The van der Waals surface area contributed by atoms with E-state index < -0.39 is 11.9 Å².